The first kappa shape index (κ1) is 37.5. The van der Waals surface area contributed by atoms with Crippen LogP contribution in [0.1, 0.15) is 73.0 Å². The van der Waals surface area contributed by atoms with E-state index in [9.17, 15) is 18.0 Å². The van der Waals surface area contributed by atoms with E-state index in [1.54, 1.807) is 18.2 Å². The Bertz CT molecular complexity index is 2090. The molecule has 1 atom stereocenters. The van der Waals surface area contributed by atoms with Gasteiger partial charge in [0.05, 0.1) is 23.2 Å². The summed E-state index contributed by atoms with van der Waals surface area (Å²) in [6, 6.07) is 23.3. The molecule has 0 unspecified atom stereocenters. The van der Waals surface area contributed by atoms with Gasteiger partial charge in [-0.15, -0.1) is 0 Å². The predicted octanol–water partition coefficient (Wildman–Crippen LogP) is 6.80. The van der Waals surface area contributed by atoms with E-state index >= 15 is 0 Å². The molecule has 1 saturated heterocycles. The summed E-state index contributed by atoms with van der Waals surface area (Å²) in [5.74, 6) is 0.140. The number of aromatic nitrogens is 2. The molecule has 1 N–H and O–H groups in total. The van der Waals surface area contributed by atoms with Crippen LogP contribution in [0.4, 0.5) is 5.95 Å². The quantitative estimate of drug-likeness (QED) is 0.208. The molecule has 1 spiro atoms. The van der Waals surface area contributed by atoms with Crippen LogP contribution in [0.5, 0.6) is 5.88 Å². The Hall–Kier alpha value is -4.81. The minimum absolute atomic E-state index is 0.00194. The molecular formula is C42H49N5O6S. The summed E-state index contributed by atoms with van der Waals surface area (Å²) < 4.78 is 42.2. The van der Waals surface area contributed by atoms with Gasteiger partial charge in [0.25, 0.3) is 15.9 Å². The van der Waals surface area contributed by atoms with Crippen molar-refractivity contribution in [1.29, 1.82) is 0 Å². The number of amides is 2. The fourth-order valence-electron chi connectivity index (χ4n) is 8.33. The highest BCUT2D eigenvalue weighted by atomic mass is 32.2. The zero-order valence-corrected chi connectivity index (χ0v) is 32.3. The van der Waals surface area contributed by atoms with Crippen molar-refractivity contribution in [3.63, 3.8) is 0 Å². The number of carbonyl (C=O) groups excluding carboxylic acids is 2. The molecule has 1 aliphatic carbocycles. The lowest BCUT2D eigenvalue weighted by Gasteiger charge is -2.56. The third-order valence-electron chi connectivity index (χ3n) is 11.1. The largest absolute Gasteiger partial charge is 0.475 e. The van der Waals surface area contributed by atoms with Gasteiger partial charge in [0.2, 0.25) is 17.7 Å². The van der Waals surface area contributed by atoms with Gasteiger partial charge >= 0.3 is 0 Å². The Balaban J connectivity index is 1.13. The molecule has 1 saturated carbocycles. The molecule has 1 aromatic heterocycles. The fourth-order valence-corrected chi connectivity index (χ4v) is 9.32. The van der Waals surface area contributed by atoms with Crippen molar-refractivity contribution in [3.05, 3.63) is 101 Å². The number of aryl methyl sites for hydroxylation is 2. The molecular weight excluding hydrogens is 703 g/mol. The van der Waals surface area contributed by atoms with Crippen LogP contribution < -0.4 is 9.46 Å². The Morgan fingerprint density at radius 3 is 2.37 bits per heavy atom. The molecule has 7 rings (SSSR count). The standard InChI is InChI=1S/C42H49N5O6S/c1-28(2)20-33-26-53-37-22-36(39-29(3)10-8-11-30(39)4)43-41(44-37)45-54(50,51)35-15-9-14-32(21-35)40(49)47(33)34-23-42(24-34)16-18-46(19-17-42)38(48)27-52-25-31-12-6-5-7-13-31/h5-15,21-22,28,33-34H,16-20,23-27H2,1-4H3,(H,43,44,45)/t33-/m1/s1. The van der Waals surface area contributed by atoms with Crippen LogP contribution in [0.3, 0.4) is 0 Å². The summed E-state index contributed by atoms with van der Waals surface area (Å²) in [5, 5.41) is 0. The molecule has 4 aromatic rings. The molecule has 0 radical (unpaired) electrons. The first-order valence-electron chi connectivity index (χ1n) is 18.8. The van der Waals surface area contributed by atoms with Gasteiger partial charge in [0.1, 0.15) is 13.2 Å². The molecule has 2 aliphatic heterocycles. The topological polar surface area (TPSA) is 131 Å². The number of nitrogens with zero attached hydrogens (tertiary/aromatic N) is 4. The van der Waals surface area contributed by atoms with Crippen molar-refractivity contribution in [2.45, 2.75) is 83.4 Å². The first-order chi connectivity index (χ1) is 25.9. The Morgan fingerprint density at radius 1 is 0.963 bits per heavy atom. The minimum Gasteiger partial charge on any atom is -0.475 e. The smallest absolute Gasteiger partial charge is 0.264 e. The highest BCUT2D eigenvalue weighted by Crippen LogP contribution is 2.52. The lowest BCUT2D eigenvalue weighted by Crippen LogP contribution is -2.60. The Labute approximate surface area is 318 Å². The number of carbonyl (C=O) groups is 2. The molecule has 4 bridgehead atoms. The molecule has 54 heavy (non-hydrogen) atoms. The van der Waals surface area contributed by atoms with E-state index in [1.807, 2.05) is 72.2 Å². The molecule has 2 amide bonds. The summed E-state index contributed by atoms with van der Waals surface area (Å²) in [5.41, 5.74) is 4.74. The zero-order valence-electron chi connectivity index (χ0n) is 31.5. The first-order valence-corrected chi connectivity index (χ1v) is 20.3. The molecule has 11 nitrogen and oxygen atoms in total. The molecule has 12 heteroatoms. The highest BCUT2D eigenvalue weighted by Gasteiger charge is 2.51. The van der Waals surface area contributed by atoms with Crippen LogP contribution in [-0.4, -0.2) is 78.4 Å². The highest BCUT2D eigenvalue weighted by molar-refractivity contribution is 7.92. The van der Waals surface area contributed by atoms with Gasteiger partial charge in [0, 0.05) is 36.3 Å². The number of anilines is 1. The monoisotopic (exact) mass is 751 g/mol. The second kappa shape index (κ2) is 15.5. The van der Waals surface area contributed by atoms with Crippen molar-refractivity contribution < 1.29 is 27.5 Å². The number of fused-ring (bicyclic) bond motifs is 4. The number of ether oxygens (including phenoxy) is 2. The van der Waals surface area contributed by atoms with Crippen LogP contribution >= 0.6 is 0 Å². The molecule has 3 aromatic carbocycles. The summed E-state index contributed by atoms with van der Waals surface area (Å²) in [4.78, 5) is 40.6. The van der Waals surface area contributed by atoms with Gasteiger partial charge in [-0.2, -0.15) is 4.98 Å². The predicted molar refractivity (Wildman–Crippen MR) is 206 cm³/mol. The SMILES string of the molecule is Cc1cccc(C)c1-c1cc2nc(n1)NS(=O)(=O)c1cccc(c1)C(=O)N(C1CC3(CCN(C(=O)COCc4ccccc4)CC3)C1)[C@H](CC(C)C)CO2. The van der Waals surface area contributed by atoms with Crippen molar-refractivity contribution in [2.75, 3.05) is 31.0 Å². The number of likely N-dealkylation sites (tertiary alicyclic amines) is 1. The van der Waals surface area contributed by atoms with Crippen LogP contribution in [0.2, 0.25) is 0 Å². The maximum absolute atomic E-state index is 14.6. The van der Waals surface area contributed by atoms with Crippen LogP contribution in [-0.2, 0) is 26.2 Å². The number of hydrogen-bond donors (Lipinski definition) is 1. The summed E-state index contributed by atoms with van der Waals surface area (Å²) in [6.07, 6.45) is 3.98. The van der Waals surface area contributed by atoms with Gasteiger partial charge in [0.15, 0.2) is 0 Å². The van der Waals surface area contributed by atoms with E-state index in [2.05, 4.69) is 28.5 Å². The number of rotatable bonds is 8. The van der Waals surface area contributed by atoms with E-state index in [0.29, 0.717) is 37.4 Å². The van der Waals surface area contributed by atoms with Gasteiger partial charge in [-0.05, 0) is 92.2 Å². The van der Waals surface area contributed by atoms with E-state index in [0.717, 1.165) is 47.9 Å². The maximum Gasteiger partial charge on any atom is 0.264 e. The molecule has 284 valence electrons. The number of hydrogen-bond acceptors (Lipinski definition) is 8. The van der Waals surface area contributed by atoms with E-state index in [4.69, 9.17) is 9.47 Å². The van der Waals surface area contributed by atoms with Gasteiger partial charge < -0.3 is 19.3 Å². The lowest BCUT2D eigenvalue weighted by atomic mass is 9.59. The Kier molecular flexibility index (Phi) is 10.8. The van der Waals surface area contributed by atoms with Gasteiger partial charge in [-0.25, -0.2) is 18.1 Å². The Morgan fingerprint density at radius 2 is 1.67 bits per heavy atom. The van der Waals surface area contributed by atoms with Crippen molar-refractivity contribution >= 4 is 27.8 Å². The average molecular weight is 752 g/mol. The number of sulfonamides is 1. The second-order valence-corrected chi connectivity index (χ2v) is 17.2. The normalized spacial score (nSPS) is 19.6. The second-order valence-electron chi connectivity index (χ2n) is 15.5. The summed E-state index contributed by atoms with van der Waals surface area (Å²) >= 11 is 0. The summed E-state index contributed by atoms with van der Waals surface area (Å²) in [6.45, 7) is 10.1. The number of nitrogens with one attached hydrogen (secondary N) is 1. The molecule has 3 aliphatic rings. The zero-order chi connectivity index (χ0) is 38.0. The van der Waals surface area contributed by atoms with Crippen molar-refractivity contribution in [1.82, 2.24) is 19.8 Å². The lowest BCUT2D eigenvalue weighted by molar-refractivity contribution is -0.141. The average Bonchev–Trinajstić information content (AvgIpc) is 3.13. The third-order valence-corrected chi connectivity index (χ3v) is 12.4. The minimum atomic E-state index is -4.16. The molecule has 2 fully saturated rings. The number of benzene rings is 3. The van der Waals surface area contributed by atoms with E-state index < -0.39 is 10.0 Å². The van der Waals surface area contributed by atoms with Gasteiger partial charge in [-0.1, -0.05) is 68.4 Å². The summed E-state index contributed by atoms with van der Waals surface area (Å²) in [7, 11) is -4.16. The fraction of sp³-hybridized carbons (Fsp3) is 0.429. The van der Waals surface area contributed by atoms with Gasteiger partial charge in [-0.3, -0.25) is 9.59 Å². The van der Waals surface area contributed by atoms with E-state index in [1.165, 1.54) is 12.1 Å². The van der Waals surface area contributed by atoms with E-state index in [-0.39, 0.29) is 65.2 Å². The van der Waals surface area contributed by atoms with Crippen LogP contribution in [0, 0.1) is 25.2 Å². The maximum atomic E-state index is 14.6. The third kappa shape index (κ3) is 8.14. The molecule has 3 heterocycles. The van der Waals surface area contributed by atoms with Crippen molar-refractivity contribution in [2.24, 2.45) is 11.3 Å². The number of piperidine rings is 1. The van der Waals surface area contributed by atoms with Crippen molar-refractivity contribution in [3.8, 4) is 17.1 Å². The van der Waals surface area contributed by atoms with Crippen LogP contribution in [0.15, 0.2) is 83.8 Å². The van der Waals surface area contributed by atoms with Crippen LogP contribution in [0.25, 0.3) is 11.3 Å².